The zero-order valence-electron chi connectivity index (χ0n) is 11.7. The molecule has 1 N–H and O–H groups in total. The van der Waals surface area contributed by atoms with E-state index >= 15 is 0 Å². The number of alkyl halides is 3. The Hall–Kier alpha value is -1.69. The van der Waals surface area contributed by atoms with E-state index in [9.17, 15) is 13.2 Å². The molecular formula is C15H16F3NOS. The Kier molecular flexibility index (Phi) is 4.77. The molecule has 0 bridgehead atoms. The van der Waals surface area contributed by atoms with Gasteiger partial charge in [-0.2, -0.15) is 13.2 Å². The SMILES string of the molecule is Cc1ccc(C(C)Nc2ccccc2OCC(F)(F)F)s1. The van der Waals surface area contributed by atoms with E-state index in [1.807, 2.05) is 26.0 Å². The van der Waals surface area contributed by atoms with E-state index in [0.29, 0.717) is 5.69 Å². The lowest BCUT2D eigenvalue weighted by Gasteiger charge is -2.18. The van der Waals surface area contributed by atoms with E-state index in [2.05, 4.69) is 5.32 Å². The van der Waals surface area contributed by atoms with Crippen LogP contribution in [-0.4, -0.2) is 12.8 Å². The molecular weight excluding hydrogens is 299 g/mol. The third-order valence-corrected chi connectivity index (χ3v) is 4.02. The monoisotopic (exact) mass is 315 g/mol. The van der Waals surface area contributed by atoms with Gasteiger partial charge in [-0.25, -0.2) is 0 Å². The number of rotatable bonds is 5. The van der Waals surface area contributed by atoms with Crippen LogP contribution in [0.3, 0.4) is 0 Å². The molecule has 0 saturated carbocycles. The lowest BCUT2D eigenvalue weighted by molar-refractivity contribution is -0.153. The van der Waals surface area contributed by atoms with Crippen molar-refractivity contribution in [3.63, 3.8) is 0 Å². The van der Waals surface area contributed by atoms with E-state index < -0.39 is 12.8 Å². The summed E-state index contributed by atoms with van der Waals surface area (Å²) in [4.78, 5) is 2.32. The van der Waals surface area contributed by atoms with Gasteiger partial charge in [0.05, 0.1) is 11.7 Å². The summed E-state index contributed by atoms with van der Waals surface area (Å²) in [6.07, 6.45) is -4.34. The summed E-state index contributed by atoms with van der Waals surface area (Å²) in [7, 11) is 0. The van der Waals surface area contributed by atoms with E-state index in [1.165, 1.54) is 10.9 Å². The molecule has 1 atom stereocenters. The summed E-state index contributed by atoms with van der Waals surface area (Å²) < 4.78 is 41.6. The standard InChI is InChI=1S/C15H16F3NOS/c1-10-7-8-14(21-10)11(2)19-12-5-3-4-6-13(12)20-9-15(16,17)18/h3-8,11,19H,9H2,1-2H3. The van der Waals surface area contributed by atoms with Gasteiger partial charge in [0, 0.05) is 9.75 Å². The summed E-state index contributed by atoms with van der Waals surface area (Å²) in [5.74, 6) is 0.204. The van der Waals surface area contributed by atoms with Crippen molar-refractivity contribution in [3.8, 4) is 5.75 Å². The summed E-state index contributed by atoms with van der Waals surface area (Å²) >= 11 is 1.66. The highest BCUT2D eigenvalue weighted by atomic mass is 32.1. The number of halogens is 3. The van der Waals surface area contributed by atoms with Gasteiger partial charge in [-0.05, 0) is 38.1 Å². The zero-order chi connectivity index (χ0) is 15.5. The third kappa shape index (κ3) is 4.67. The second kappa shape index (κ2) is 6.39. The van der Waals surface area contributed by atoms with Crippen LogP contribution < -0.4 is 10.1 Å². The largest absolute Gasteiger partial charge is 0.482 e. The summed E-state index contributed by atoms with van der Waals surface area (Å²) in [5.41, 5.74) is 0.556. The van der Waals surface area contributed by atoms with E-state index in [-0.39, 0.29) is 11.8 Å². The van der Waals surface area contributed by atoms with Crippen LogP contribution in [0.5, 0.6) is 5.75 Å². The molecule has 114 valence electrons. The Labute approximate surface area is 125 Å². The van der Waals surface area contributed by atoms with Crippen molar-refractivity contribution >= 4 is 17.0 Å². The number of thiophene rings is 1. The van der Waals surface area contributed by atoms with Gasteiger partial charge in [-0.15, -0.1) is 11.3 Å². The maximum absolute atomic E-state index is 12.3. The number of nitrogens with one attached hydrogen (secondary N) is 1. The molecule has 2 rings (SSSR count). The highest BCUT2D eigenvalue weighted by Gasteiger charge is 2.28. The van der Waals surface area contributed by atoms with Gasteiger partial charge in [0.15, 0.2) is 6.61 Å². The predicted molar refractivity (Wildman–Crippen MR) is 79.1 cm³/mol. The topological polar surface area (TPSA) is 21.3 Å². The molecule has 1 aromatic heterocycles. The Bertz CT molecular complexity index is 595. The van der Waals surface area contributed by atoms with Crippen LogP contribution in [-0.2, 0) is 0 Å². The minimum atomic E-state index is -4.34. The van der Waals surface area contributed by atoms with Crippen molar-refractivity contribution in [3.05, 3.63) is 46.2 Å². The lowest BCUT2D eigenvalue weighted by atomic mass is 10.2. The number of hydrogen-bond acceptors (Lipinski definition) is 3. The fourth-order valence-electron chi connectivity index (χ4n) is 1.86. The molecule has 2 aromatic rings. The fraction of sp³-hybridized carbons (Fsp3) is 0.333. The molecule has 0 fully saturated rings. The third-order valence-electron chi connectivity index (χ3n) is 2.84. The lowest BCUT2D eigenvalue weighted by Crippen LogP contribution is -2.20. The number of benzene rings is 1. The molecule has 0 saturated heterocycles. The molecule has 21 heavy (non-hydrogen) atoms. The van der Waals surface area contributed by atoms with Crippen molar-refractivity contribution in [2.45, 2.75) is 26.1 Å². The maximum atomic E-state index is 12.3. The summed E-state index contributed by atoms with van der Waals surface area (Å²) in [6.45, 7) is 2.69. The molecule has 1 aromatic carbocycles. The first-order valence-corrected chi connectivity index (χ1v) is 7.28. The average molecular weight is 315 g/mol. The molecule has 1 unspecified atom stereocenters. The number of aryl methyl sites for hydroxylation is 1. The highest BCUT2D eigenvalue weighted by molar-refractivity contribution is 7.12. The molecule has 0 aliphatic heterocycles. The van der Waals surface area contributed by atoms with Gasteiger partial charge in [0.2, 0.25) is 0 Å². The molecule has 0 aliphatic rings. The number of ether oxygens (including phenoxy) is 1. The first-order valence-electron chi connectivity index (χ1n) is 6.46. The normalized spacial score (nSPS) is 13.0. The first kappa shape index (κ1) is 15.7. The van der Waals surface area contributed by atoms with Crippen LogP contribution >= 0.6 is 11.3 Å². The Morgan fingerprint density at radius 1 is 1.19 bits per heavy atom. The van der Waals surface area contributed by atoms with Crippen LogP contribution in [0.4, 0.5) is 18.9 Å². The van der Waals surface area contributed by atoms with Gasteiger partial charge in [0.1, 0.15) is 5.75 Å². The molecule has 0 aliphatic carbocycles. The van der Waals surface area contributed by atoms with E-state index in [4.69, 9.17) is 4.74 Å². The Morgan fingerprint density at radius 2 is 1.90 bits per heavy atom. The van der Waals surface area contributed by atoms with Crippen molar-refractivity contribution in [1.82, 2.24) is 0 Å². The molecule has 0 spiro atoms. The van der Waals surface area contributed by atoms with Gasteiger partial charge >= 0.3 is 6.18 Å². The van der Waals surface area contributed by atoms with E-state index in [1.54, 1.807) is 29.5 Å². The second-order valence-corrected chi connectivity index (χ2v) is 6.03. The van der Waals surface area contributed by atoms with Crippen LogP contribution in [0.1, 0.15) is 22.7 Å². The van der Waals surface area contributed by atoms with Gasteiger partial charge in [-0.3, -0.25) is 0 Å². The van der Waals surface area contributed by atoms with Crippen LogP contribution in [0, 0.1) is 6.92 Å². The molecule has 0 radical (unpaired) electrons. The Morgan fingerprint density at radius 3 is 2.52 bits per heavy atom. The minimum Gasteiger partial charge on any atom is -0.482 e. The van der Waals surface area contributed by atoms with Crippen LogP contribution in [0.2, 0.25) is 0 Å². The number of anilines is 1. The van der Waals surface area contributed by atoms with Crippen LogP contribution in [0.15, 0.2) is 36.4 Å². The van der Waals surface area contributed by atoms with Crippen molar-refractivity contribution in [2.75, 3.05) is 11.9 Å². The fourth-order valence-corrected chi connectivity index (χ4v) is 2.74. The number of hydrogen-bond donors (Lipinski definition) is 1. The number of para-hydroxylation sites is 2. The predicted octanol–water partition coefficient (Wildman–Crippen LogP) is 5.17. The maximum Gasteiger partial charge on any atom is 0.422 e. The van der Waals surface area contributed by atoms with Gasteiger partial charge in [-0.1, -0.05) is 12.1 Å². The Balaban J connectivity index is 2.09. The van der Waals surface area contributed by atoms with Gasteiger partial charge in [0.25, 0.3) is 0 Å². The summed E-state index contributed by atoms with van der Waals surface area (Å²) in [6, 6.07) is 10.7. The average Bonchev–Trinajstić information content (AvgIpc) is 2.83. The quantitative estimate of drug-likeness (QED) is 0.822. The van der Waals surface area contributed by atoms with Crippen molar-refractivity contribution < 1.29 is 17.9 Å². The van der Waals surface area contributed by atoms with Crippen molar-refractivity contribution in [2.24, 2.45) is 0 Å². The molecule has 6 heteroatoms. The van der Waals surface area contributed by atoms with Crippen molar-refractivity contribution in [1.29, 1.82) is 0 Å². The van der Waals surface area contributed by atoms with E-state index in [0.717, 1.165) is 4.88 Å². The molecule has 0 amide bonds. The zero-order valence-corrected chi connectivity index (χ0v) is 12.5. The smallest absolute Gasteiger partial charge is 0.422 e. The van der Waals surface area contributed by atoms with Crippen LogP contribution in [0.25, 0.3) is 0 Å². The summed E-state index contributed by atoms with van der Waals surface area (Å²) in [5, 5.41) is 3.19. The molecule has 2 nitrogen and oxygen atoms in total. The van der Waals surface area contributed by atoms with Gasteiger partial charge < -0.3 is 10.1 Å². The molecule has 1 heterocycles. The minimum absolute atomic E-state index is 0.000614. The second-order valence-electron chi connectivity index (χ2n) is 4.71. The highest BCUT2D eigenvalue weighted by Crippen LogP contribution is 2.31. The first-order chi connectivity index (χ1) is 9.85.